The second-order valence-corrected chi connectivity index (χ2v) is 5.93. The van der Waals surface area contributed by atoms with Crippen LogP contribution in [0.15, 0.2) is 30.3 Å². The molecule has 0 amide bonds. The SMILES string of the molecule is CC1NNCC1c1nn2c(-c3ccccc3)nnc2s1. The quantitative estimate of drug-likeness (QED) is 0.746. The lowest BCUT2D eigenvalue weighted by Gasteiger charge is -2.08. The van der Waals surface area contributed by atoms with Crippen LogP contribution in [-0.4, -0.2) is 32.4 Å². The van der Waals surface area contributed by atoms with Gasteiger partial charge in [-0.3, -0.25) is 10.9 Å². The first-order chi connectivity index (χ1) is 9.83. The summed E-state index contributed by atoms with van der Waals surface area (Å²) in [6, 6.07) is 10.4. The average molecular weight is 286 g/mol. The monoisotopic (exact) mass is 286 g/mol. The van der Waals surface area contributed by atoms with Crippen LogP contribution in [0.3, 0.4) is 0 Å². The van der Waals surface area contributed by atoms with Crippen molar-refractivity contribution >= 4 is 16.3 Å². The Balaban J connectivity index is 1.79. The summed E-state index contributed by atoms with van der Waals surface area (Å²) in [4.78, 5) is 0.845. The summed E-state index contributed by atoms with van der Waals surface area (Å²) in [5, 5.41) is 14.3. The average Bonchev–Trinajstić information content (AvgIpc) is 3.13. The van der Waals surface area contributed by atoms with Crippen LogP contribution in [0.5, 0.6) is 0 Å². The molecular weight excluding hydrogens is 272 g/mol. The van der Waals surface area contributed by atoms with Crippen molar-refractivity contribution in [2.45, 2.75) is 18.9 Å². The first kappa shape index (κ1) is 12.0. The molecule has 0 aliphatic carbocycles. The van der Waals surface area contributed by atoms with Crippen molar-refractivity contribution in [2.75, 3.05) is 6.54 Å². The van der Waals surface area contributed by atoms with Crippen LogP contribution in [0, 0.1) is 0 Å². The maximum absolute atomic E-state index is 4.71. The molecule has 1 aliphatic heterocycles. The molecule has 4 rings (SSSR count). The van der Waals surface area contributed by atoms with Crippen LogP contribution in [0.4, 0.5) is 0 Å². The highest BCUT2D eigenvalue weighted by molar-refractivity contribution is 7.16. The minimum Gasteiger partial charge on any atom is -0.257 e. The molecule has 2 atom stereocenters. The predicted octanol–water partition coefficient (Wildman–Crippen LogP) is 1.43. The van der Waals surface area contributed by atoms with E-state index in [0.29, 0.717) is 12.0 Å². The summed E-state index contributed by atoms with van der Waals surface area (Å²) in [6.45, 7) is 3.05. The van der Waals surface area contributed by atoms with Crippen molar-refractivity contribution in [1.82, 2.24) is 30.7 Å². The highest BCUT2D eigenvalue weighted by Crippen LogP contribution is 2.28. The van der Waals surface area contributed by atoms with Gasteiger partial charge in [-0.05, 0) is 6.92 Å². The molecule has 0 radical (unpaired) electrons. The number of hydrogen-bond donors (Lipinski definition) is 2. The molecular formula is C13H14N6S. The Bertz CT molecular complexity index is 734. The van der Waals surface area contributed by atoms with Gasteiger partial charge in [0, 0.05) is 24.1 Å². The molecule has 6 nitrogen and oxygen atoms in total. The van der Waals surface area contributed by atoms with E-state index in [4.69, 9.17) is 5.10 Å². The van der Waals surface area contributed by atoms with Crippen molar-refractivity contribution in [2.24, 2.45) is 0 Å². The van der Waals surface area contributed by atoms with Gasteiger partial charge in [0.25, 0.3) is 0 Å². The van der Waals surface area contributed by atoms with E-state index in [2.05, 4.69) is 28.0 Å². The van der Waals surface area contributed by atoms with Gasteiger partial charge in [-0.25, -0.2) is 0 Å². The Labute approximate surface area is 119 Å². The molecule has 1 saturated heterocycles. The Morgan fingerprint density at radius 1 is 1.25 bits per heavy atom. The summed E-state index contributed by atoms with van der Waals surface area (Å²) in [5.74, 6) is 1.18. The molecule has 1 aromatic carbocycles. The number of nitrogens with zero attached hydrogens (tertiary/aromatic N) is 4. The number of rotatable bonds is 2. The van der Waals surface area contributed by atoms with Gasteiger partial charge in [0.1, 0.15) is 5.01 Å². The topological polar surface area (TPSA) is 67.1 Å². The van der Waals surface area contributed by atoms with E-state index in [-0.39, 0.29) is 0 Å². The van der Waals surface area contributed by atoms with E-state index >= 15 is 0 Å². The lowest BCUT2D eigenvalue weighted by Crippen LogP contribution is -2.28. The Morgan fingerprint density at radius 3 is 2.85 bits per heavy atom. The molecule has 7 heteroatoms. The molecule has 2 N–H and O–H groups in total. The molecule has 0 spiro atoms. The highest BCUT2D eigenvalue weighted by atomic mass is 32.1. The van der Waals surface area contributed by atoms with Crippen LogP contribution in [0.2, 0.25) is 0 Å². The maximum atomic E-state index is 4.71. The van der Waals surface area contributed by atoms with Gasteiger partial charge in [0.2, 0.25) is 4.96 Å². The number of aromatic nitrogens is 4. The summed E-state index contributed by atoms with van der Waals surface area (Å²) in [5.41, 5.74) is 7.43. The Kier molecular flexibility index (Phi) is 2.76. The fraction of sp³-hybridized carbons (Fsp3) is 0.308. The summed E-state index contributed by atoms with van der Waals surface area (Å²) in [7, 11) is 0. The Hall–Kier alpha value is -1.83. The van der Waals surface area contributed by atoms with Gasteiger partial charge in [-0.15, -0.1) is 10.2 Å². The number of nitrogens with one attached hydrogen (secondary N) is 2. The number of hydrazine groups is 1. The summed E-state index contributed by atoms with van der Waals surface area (Å²) < 4.78 is 1.85. The van der Waals surface area contributed by atoms with Crippen molar-refractivity contribution in [1.29, 1.82) is 0 Å². The van der Waals surface area contributed by atoms with Crippen LogP contribution < -0.4 is 10.9 Å². The first-order valence-electron chi connectivity index (χ1n) is 6.59. The van der Waals surface area contributed by atoms with Gasteiger partial charge < -0.3 is 0 Å². The number of fused-ring (bicyclic) bond motifs is 1. The van der Waals surface area contributed by atoms with E-state index in [1.165, 1.54) is 0 Å². The second kappa shape index (κ2) is 4.62. The predicted molar refractivity (Wildman–Crippen MR) is 77.4 cm³/mol. The molecule has 3 heterocycles. The summed E-state index contributed by atoms with van der Waals surface area (Å²) >= 11 is 1.61. The molecule has 2 unspecified atom stereocenters. The highest BCUT2D eigenvalue weighted by Gasteiger charge is 2.28. The number of hydrogen-bond acceptors (Lipinski definition) is 6. The van der Waals surface area contributed by atoms with Crippen molar-refractivity contribution in [3.8, 4) is 11.4 Å². The normalized spacial score (nSPS) is 22.6. The maximum Gasteiger partial charge on any atom is 0.234 e. The van der Waals surface area contributed by atoms with Crippen LogP contribution >= 0.6 is 11.3 Å². The minimum atomic E-state index is 0.374. The third kappa shape index (κ3) is 1.82. The van der Waals surface area contributed by atoms with E-state index in [9.17, 15) is 0 Å². The van der Waals surface area contributed by atoms with Gasteiger partial charge >= 0.3 is 0 Å². The van der Waals surface area contributed by atoms with Crippen molar-refractivity contribution in [3.05, 3.63) is 35.3 Å². The van der Waals surface area contributed by atoms with Crippen molar-refractivity contribution in [3.63, 3.8) is 0 Å². The van der Waals surface area contributed by atoms with E-state index in [1.54, 1.807) is 11.3 Å². The smallest absolute Gasteiger partial charge is 0.234 e. The minimum absolute atomic E-state index is 0.374. The van der Waals surface area contributed by atoms with Crippen LogP contribution in [0.25, 0.3) is 16.3 Å². The second-order valence-electron chi connectivity index (χ2n) is 4.94. The van der Waals surface area contributed by atoms with E-state index in [0.717, 1.165) is 27.9 Å². The standard InChI is InChI=1S/C13H14N6S/c1-8-10(7-14-15-8)12-18-19-11(16-17-13(19)20-12)9-5-3-2-4-6-9/h2-6,8,10,14-15H,7H2,1H3. The van der Waals surface area contributed by atoms with E-state index < -0.39 is 0 Å². The van der Waals surface area contributed by atoms with Crippen molar-refractivity contribution < 1.29 is 0 Å². The fourth-order valence-electron chi connectivity index (χ4n) is 2.46. The van der Waals surface area contributed by atoms with Crippen LogP contribution in [-0.2, 0) is 0 Å². The third-order valence-electron chi connectivity index (χ3n) is 3.61. The first-order valence-corrected chi connectivity index (χ1v) is 7.40. The molecule has 3 aromatic rings. The van der Waals surface area contributed by atoms with Gasteiger partial charge in [0.15, 0.2) is 5.82 Å². The lowest BCUT2D eigenvalue weighted by atomic mass is 10.1. The van der Waals surface area contributed by atoms with Crippen LogP contribution in [0.1, 0.15) is 17.8 Å². The molecule has 102 valence electrons. The van der Waals surface area contributed by atoms with Gasteiger partial charge in [-0.1, -0.05) is 41.7 Å². The molecule has 1 fully saturated rings. The van der Waals surface area contributed by atoms with E-state index in [1.807, 2.05) is 34.8 Å². The summed E-state index contributed by atoms with van der Waals surface area (Å²) in [6.07, 6.45) is 0. The zero-order valence-corrected chi connectivity index (χ0v) is 11.8. The molecule has 1 aliphatic rings. The largest absolute Gasteiger partial charge is 0.257 e. The zero-order chi connectivity index (χ0) is 13.5. The molecule has 2 aromatic heterocycles. The van der Waals surface area contributed by atoms with Gasteiger partial charge in [-0.2, -0.15) is 9.61 Å². The zero-order valence-electron chi connectivity index (χ0n) is 10.9. The molecule has 0 saturated carbocycles. The third-order valence-corrected chi connectivity index (χ3v) is 4.64. The number of benzene rings is 1. The fourth-order valence-corrected chi connectivity index (χ4v) is 3.50. The molecule has 20 heavy (non-hydrogen) atoms. The Morgan fingerprint density at radius 2 is 2.10 bits per heavy atom. The lowest BCUT2D eigenvalue weighted by molar-refractivity contribution is 0.566. The van der Waals surface area contributed by atoms with Gasteiger partial charge in [0.05, 0.1) is 0 Å². The molecule has 0 bridgehead atoms.